The molecule has 0 bridgehead atoms. The van der Waals surface area contributed by atoms with E-state index in [0.29, 0.717) is 13.0 Å². The topological polar surface area (TPSA) is 90.5 Å². The van der Waals surface area contributed by atoms with E-state index < -0.39 is 12.1 Å². The second kappa shape index (κ2) is 7.19. The Balaban J connectivity index is 1.78. The number of β-amino-alcohol motifs (C(OH)–C–C–N with tert-alkyl or cyclic N) is 1. The minimum Gasteiger partial charge on any atom is -0.392 e. The zero-order valence-electron chi connectivity index (χ0n) is 12.1. The average Bonchev–Trinajstić information content (AvgIpc) is 2.91. The molecular formula is C15H21N3O3. The number of anilines is 1. The predicted molar refractivity (Wildman–Crippen MR) is 79.9 cm³/mol. The van der Waals surface area contributed by atoms with Crippen LogP contribution in [-0.4, -0.2) is 42.2 Å². The standard InChI is InChI=1S/C15H21N3O3/c1-2-10-4-3-5-11(6-10)18-14(20)9-17-15(21)13-7-12(19)8-16-13/h3-6,12-13,16,19H,2,7-9H2,1H3,(H,17,21)(H,18,20). The van der Waals surface area contributed by atoms with E-state index in [1.54, 1.807) is 0 Å². The van der Waals surface area contributed by atoms with E-state index in [1.807, 2.05) is 31.2 Å². The summed E-state index contributed by atoms with van der Waals surface area (Å²) in [4.78, 5) is 23.6. The lowest BCUT2D eigenvalue weighted by atomic mass is 10.1. The summed E-state index contributed by atoms with van der Waals surface area (Å²) in [5.41, 5.74) is 1.86. The van der Waals surface area contributed by atoms with Crippen molar-refractivity contribution in [1.82, 2.24) is 10.6 Å². The lowest BCUT2D eigenvalue weighted by Gasteiger charge is -2.11. The first-order valence-electron chi connectivity index (χ1n) is 7.16. The quantitative estimate of drug-likeness (QED) is 0.616. The summed E-state index contributed by atoms with van der Waals surface area (Å²) in [6.45, 7) is 2.38. The largest absolute Gasteiger partial charge is 0.392 e. The van der Waals surface area contributed by atoms with Gasteiger partial charge in [-0.3, -0.25) is 9.59 Å². The molecule has 1 heterocycles. The van der Waals surface area contributed by atoms with Crippen LogP contribution in [0.2, 0.25) is 0 Å². The number of rotatable bonds is 5. The fourth-order valence-electron chi connectivity index (χ4n) is 2.28. The first-order valence-corrected chi connectivity index (χ1v) is 7.16. The lowest BCUT2D eigenvalue weighted by molar-refractivity contribution is -0.125. The molecule has 2 amide bonds. The number of amides is 2. The molecule has 1 aliphatic rings. The Labute approximate surface area is 123 Å². The van der Waals surface area contributed by atoms with Gasteiger partial charge in [0.2, 0.25) is 11.8 Å². The average molecular weight is 291 g/mol. The highest BCUT2D eigenvalue weighted by atomic mass is 16.3. The summed E-state index contributed by atoms with van der Waals surface area (Å²) in [5.74, 6) is -0.529. The number of aliphatic hydroxyl groups is 1. The second-order valence-corrected chi connectivity index (χ2v) is 5.17. The molecule has 4 N–H and O–H groups in total. The molecule has 6 nitrogen and oxygen atoms in total. The fraction of sp³-hybridized carbons (Fsp3) is 0.467. The van der Waals surface area contributed by atoms with Crippen LogP contribution >= 0.6 is 0 Å². The zero-order valence-corrected chi connectivity index (χ0v) is 12.1. The summed E-state index contributed by atoms with van der Waals surface area (Å²) in [5, 5.41) is 17.6. The van der Waals surface area contributed by atoms with E-state index in [4.69, 9.17) is 0 Å². The van der Waals surface area contributed by atoms with Gasteiger partial charge in [0.15, 0.2) is 0 Å². The van der Waals surface area contributed by atoms with Gasteiger partial charge in [-0.15, -0.1) is 0 Å². The molecule has 1 saturated heterocycles. The molecular weight excluding hydrogens is 270 g/mol. The van der Waals surface area contributed by atoms with Crippen LogP contribution < -0.4 is 16.0 Å². The van der Waals surface area contributed by atoms with Crippen LogP contribution in [0.5, 0.6) is 0 Å². The highest BCUT2D eigenvalue weighted by Crippen LogP contribution is 2.10. The molecule has 0 aromatic heterocycles. The van der Waals surface area contributed by atoms with E-state index in [9.17, 15) is 14.7 Å². The number of hydrogen-bond acceptors (Lipinski definition) is 4. The molecule has 2 rings (SSSR count). The number of carbonyl (C=O) groups excluding carboxylic acids is 2. The van der Waals surface area contributed by atoms with Crippen molar-refractivity contribution in [3.8, 4) is 0 Å². The van der Waals surface area contributed by atoms with Crippen molar-refractivity contribution < 1.29 is 14.7 Å². The minimum absolute atomic E-state index is 0.0799. The monoisotopic (exact) mass is 291 g/mol. The first kappa shape index (κ1) is 15.5. The Morgan fingerprint density at radius 1 is 1.43 bits per heavy atom. The Morgan fingerprint density at radius 3 is 2.90 bits per heavy atom. The molecule has 114 valence electrons. The summed E-state index contributed by atoms with van der Waals surface area (Å²) >= 11 is 0. The van der Waals surface area contributed by atoms with Crippen LogP contribution in [0.1, 0.15) is 18.9 Å². The molecule has 0 saturated carbocycles. The van der Waals surface area contributed by atoms with Crippen molar-refractivity contribution in [1.29, 1.82) is 0 Å². The molecule has 0 radical (unpaired) electrons. The van der Waals surface area contributed by atoms with Gasteiger partial charge in [0.05, 0.1) is 18.7 Å². The normalized spacial score (nSPS) is 21.0. The summed E-state index contributed by atoms with van der Waals surface area (Å²) in [7, 11) is 0. The van der Waals surface area contributed by atoms with Gasteiger partial charge in [0.25, 0.3) is 0 Å². The van der Waals surface area contributed by atoms with Gasteiger partial charge in [-0.05, 0) is 30.5 Å². The van der Waals surface area contributed by atoms with Gasteiger partial charge in [0, 0.05) is 12.2 Å². The number of carbonyl (C=O) groups is 2. The zero-order chi connectivity index (χ0) is 15.2. The van der Waals surface area contributed by atoms with Gasteiger partial charge in [-0.1, -0.05) is 19.1 Å². The molecule has 2 unspecified atom stereocenters. The van der Waals surface area contributed by atoms with E-state index in [1.165, 1.54) is 0 Å². The molecule has 1 aliphatic heterocycles. The van der Waals surface area contributed by atoms with Crippen molar-refractivity contribution in [3.63, 3.8) is 0 Å². The van der Waals surface area contributed by atoms with Crippen molar-refractivity contribution in [2.75, 3.05) is 18.4 Å². The maximum atomic E-state index is 11.8. The minimum atomic E-state index is -0.494. The smallest absolute Gasteiger partial charge is 0.243 e. The van der Waals surface area contributed by atoms with E-state index in [-0.39, 0.29) is 18.4 Å². The molecule has 6 heteroatoms. The van der Waals surface area contributed by atoms with Crippen molar-refractivity contribution >= 4 is 17.5 Å². The number of benzene rings is 1. The van der Waals surface area contributed by atoms with Crippen molar-refractivity contribution in [3.05, 3.63) is 29.8 Å². The van der Waals surface area contributed by atoms with Gasteiger partial charge >= 0.3 is 0 Å². The molecule has 21 heavy (non-hydrogen) atoms. The number of aliphatic hydroxyl groups excluding tert-OH is 1. The van der Waals surface area contributed by atoms with Gasteiger partial charge in [0.1, 0.15) is 0 Å². The third-order valence-electron chi connectivity index (χ3n) is 3.47. The lowest BCUT2D eigenvalue weighted by Crippen LogP contribution is -2.43. The molecule has 1 fully saturated rings. The molecule has 1 aromatic carbocycles. The summed E-state index contributed by atoms with van der Waals surface area (Å²) in [6.07, 6.45) is 0.786. The Hall–Kier alpha value is -1.92. The van der Waals surface area contributed by atoms with Crippen LogP contribution in [0.25, 0.3) is 0 Å². The third-order valence-corrected chi connectivity index (χ3v) is 3.47. The molecule has 2 atom stereocenters. The second-order valence-electron chi connectivity index (χ2n) is 5.17. The number of hydrogen-bond donors (Lipinski definition) is 4. The molecule has 0 aliphatic carbocycles. The predicted octanol–water partition coefficient (Wildman–Crippen LogP) is 0.0265. The fourth-order valence-corrected chi connectivity index (χ4v) is 2.28. The van der Waals surface area contributed by atoms with Crippen LogP contribution in [0.3, 0.4) is 0 Å². The van der Waals surface area contributed by atoms with Crippen LogP contribution in [0, 0.1) is 0 Å². The van der Waals surface area contributed by atoms with Gasteiger partial charge < -0.3 is 21.1 Å². The van der Waals surface area contributed by atoms with Crippen LogP contribution in [0.15, 0.2) is 24.3 Å². The van der Waals surface area contributed by atoms with Crippen LogP contribution in [-0.2, 0) is 16.0 Å². The van der Waals surface area contributed by atoms with E-state index in [2.05, 4.69) is 16.0 Å². The van der Waals surface area contributed by atoms with E-state index >= 15 is 0 Å². The van der Waals surface area contributed by atoms with Crippen molar-refractivity contribution in [2.45, 2.75) is 31.9 Å². The SMILES string of the molecule is CCc1cccc(NC(=O)CNC(=O)C2CC(O)CN2)c1. The number of aryl methyl sites for hydroxylation is 1. The van der Waals surface area contributed by atoms with Gasteiger partial charge in [-0.25, -0.2) is 0 Å². The van der Waals surface area contributed by atoms with Gasteiger partial charge in [-0.2, -0.15) is 0 Å². The Bertz CT molecular complexity index is 519. The maximum absolute atomic E-state index is 11.8. The molecule has 1 aromatic rings. The highest BCUT2D eigenvalue weighted by molar-refractivity contribution is 5.95. The van der Waals surface area contributed by atoms with E-state index in [0.717, 1.165) is 17.7 Å². The Morgan fingerprint density at radius 2 is 2.24 bits per heavy atom. The molecule has 0 spiro atoms. The first-order chi connectivity index (χ1) is 10.1. The highest BCUT2D eigenvalue weighted by Gasteiger charge is 2.27. The number of nitrogens with one attached hydrogen (secondary N) is 3. The third kappa shape index (κ3) is 4.54. The summed E-state index contributed by atoms with van der Waals surface area (Å²) in [6, 6.07) is 7.18. The maximum Gasteiger partial charge on any atom is 0.243 e. The van der Waals surface area contributed by atoms with Crippen molar-refractivity contribution in [2.24, 2.45) is 0 Å². The Kier molecular flexibility index (Phi) is 5.30. The van der Waals surface area contributed by atoms with Crippen LogP contribution in [0.4, 0.5) is 5.69 Å². The summed E-state index contributed by atoms with van der Waals surface area (Å²) < 4.78 is 0.